The van der Waals surface area contributed by atoms with Gasteiger partial charge in [-0.1, -0.05) is 0 Å². The molecular formula is C38H50I6N6O14. The SMILES string of the molecule is CN(CC(O)CO)C(=O)c1c(I)c(C(=O)N(C)CC(O)CO)c(I)c(N(C)C(=O)CCC(=O)N(C)c2c(I)c(C(=O)N(C)CC(O)CO)c(I)c(C(=O)N(C)CC(O)CO)c2I)c1I. The van der Waals surface area contributed by atoms with Gasteiger partial charge in [0, 0.05) is 88.4 Å². The van der Waals surface area contributed by atoms with Crippen molar-refractivity contribution in [1.82, 2.24) is 19.6 Å². The molecule has 0 aromatic heterocycles. The molecule has 0 radical (unpaired) electrons. The minimum atomic E-state index is -1.27. The number of likely N-dealkylation sites (N-methyl/N-ethyl adjacent to an activating group) is 4. The highest BCUT2D eigenvalue weighted by atomic mass is 127. The summed E-state index contributed by atoms with van der Waals surface area (Å²) in [5.74, 6) is -3.81. The third-order valence-electron chi connectivity index (χ3n) is 9.58. The fraction of sp³-hybridized carbons (Fsp3) is 0.526. The Bertz CT molecular complexity index is 1830. The monoisotopic (exact) mass is 1580 g/mol. The lowest BCUT2D eigenvalue weighted by Gasteiger charge is -2.29. The third kappa shape index (κ3) is 14.4. The zero-order valence-corrected chi connectivity index (χ0v) is 48.3. The maximum atomic E-state index is 14.1. The summed E-state index contributed by atoms with van der Waals surface area (Å²) in [6, 6.07) is 0. The smallest absolute Gasteiger partial charge is 0.255 e. The van der Waals surface area contributed by atoms with Crippen molar-refractivity contribution in [2.75, 3.05) is 105 Å². The number of aliphatic hydroxyl groups is 8. The minimum absolute atomic E-state index is 0.00534. The van der Waals surface area contributed by atoms with E-state index in [-0.39, 0.29) is 81.2 Å². The van der Waals surface area contributed by atoms with Crippen LogP contribution in [0.5, 0.6) is 0 Å². The standard InChI is InChI=1S/C38H50I6N6O14/c1-45(9-17(55)13-51)35(61)23-27(39)24(36(62)46(2)10-18(56)14-52)30(42)33(29(23)41)49(5)21(59)7-8-22(60)50(6)34-31(43)25(37(63)47(3)11-19(57)15-53)28(40)26(32(34)44)38(64)48(4)12-20(58)16-54/h17-20,51-58H,7-16H2,1-6H3. The molecule has 2 aromatic carbocycles. The lowest BCUT2D eigenvalue weighted by molar-refractivity contribution is -0.123. The van der Waals surface area contributed by atoms with Crippen molar-refractivity contribution in [3.8, 4) is 0 Å². The Hall–Kier alpha value is -0.680. The maximum Gasteiger partial charge on any atom is 0.255 e. The molecule has 4 atom stereocenters. The zero-order chi connectivity index (χ0) is 49.2. The normalized spacial score (nSPS) is 13.1. The number of hydrogen-bond donors (Lipinski definition) is 8. The maximum absolute atomic E-state index is 14.1. The van der Waals surface area contributed by atoms with Gasteiger partial charge in [0.1, 0.15) is 0 Å². The van der Waals surface area contributed by atoms with E-state index in [0.29, 0.717) is 0 Å². The van der Waals surface area contributed by atoms with Crippen LogP contribution in [0, 0.1) is 21.4 Å². The fourth-order valence-corrected chi connectivity index (χ4v) is 15.7. The van der Waals surface area contributed by atoms with Gasteiger partial charge in [-0.25, -0.2) is 0 Å². The van der Waals surface area contributed by atoms with E-state index in [1.807, 2.05) is 136 Å². The van der Waals surface area contributed by atoms with E-state index in [1.165, 1.54) is 52.1 Å². The van der Waals surface area contributed by atoms with Crippen LogP contribution < -0.4 is 9.80 Å². The Balaban J connectivity index is 2.72. The summed E-state index contributed by atoms with van der Waals surface area (Å²) >= 11 is 11.2. The van der Waals surface area contributed by atoms with Crippen molar-refractivity contribution >= 4 is 182 Å². The Morgan fingerprint density at radius 3 is 0.750 bits per heavy atom. The van der Waals surface area contributed by atoms with Gasteiger partial charge in [-0.3, -0.25) is 28.8 Å². The second kappa shape index (κ2) is 26.9. The van der Waals surface area contributed by atoms with Crippen molar-refractivity contribution in [1.29, 1.82) is 0 Å². The number of amides is 6. The van der Waals surface area contributed by atoms with Gasteiger partial charge in [0.05, 0.1) is 98.8 Å². The summed E-state index contributed by atoms with van der Waals surface area (Å²) in [6.45, 7) is -3.58. The summed E-state index contributed by atoms with van der Waals surface area (Å²) in [6.07, 6.45) is -5.91. The summed E-state index contributed by atoms with van der Waals surface area (Å²) in [7, 11) is 8.36. The van der Waals surface area contributed by atoms with Crippen LogP contribution >= 0.6 is 136 Å². The first-order chi connectivity index (χ1) is 29.7. The molecule has 0 saturated carbocycles. The molecule has 0 aliphatic carbocycles. The van der Waals surface area contributed by atoms with Crippen molar-refractivity contribution < 1.29 is 69.6 Å². The summed E-state index contributed by atoms with van der Waals surface area (Å²) in [5.41, 5.74) is 0.309. The van der Waals surface area contributed by atoms with Crippen LogP contribution in [0.25, 0.3) is 0 Å². The third-order valence-corrected chi connectivity index (χ3v) is 15.9. The van der Waals surface area contributed by atoms with Gasteiger partial charge < -0.3 is 70.3 Å². The molecule has 64 heavy (non-hydrogen) atoms. The molecule has 0 aliphatic rings. The minimum Gasteiger partial charge on any atom is -0.394 e. The highest BCUT2D eigenvalue weighted by molar-refractivity contribution is 14.1. The molecule has 20 nitrogen and oxygen atoms in total. The molecule has 0 aliphatic heterocycles. The second-order valence-electron chi connectivity index (χ2n) is 14.6. The molecule has 2 rings (SSSR count). The zero-order valence-electron chi connectivity index (χ0n) is 35.4. The molecular weight excluding hydrogens is 1530 g/mol. The molecule has 26 heteroatoms. The summed E-state index contributed by atoms with van der Waals surface area (Å²) in [4.78, 5) is 91.1. The molecule has 6 amide bonds. The van der Waals surface area contributed by atoms with Gasteiger partial charge in [0.15, 0.2) is 0 Å². The van der Waals surface area contributed by atoms with E-state index in [9.17, 15) is 69.6 Å². The lowest BCUT2D eigenvalue weighted by Crippen LogP contribution is -2.40. The first-order valence-electron chi connectivity index (χ1n) is 18.9. The van der Waals surface area contributed by atoms with Gasteiger partial charge >= 0.3 is 0 Å². The molecule has 0 saturated heterocycles. The van der Waals surface area contributed by atoms with Gasteiger partial charge in [-0.2, -0.15) is 0 Å². The number of nitrogens with zero attached hydrogens (tertiary/aromatic N) is 6. The van der Waals surface area contributed by atoms with E-state index in [2.05, 4.69) is 0 Å². The van der Waals surface area contributed by atoms with E-state index in [4.69, 9.17) is 0 Å². The number of carbonyl (C=O) groups is 6. The molecule has 2 aromatic rings. The van der Waals surface area contributed by atoms with Crippen LogP contribution in [0.15, 0.2) is 0 Å². The second-order valence-corrected chi connectivity index (χ2v) is 21.0. The predicted molar refractivity (Wildman–Crippen MR) is 285 cm³/mol. The van der Waals surface area contributed by atoms with Crippen LogP contribution in [0.3, 0.4) is 0 Å². The van der Waals surface area contributed by atoms with Gasteiger partial charge in [0.25, 0.3) is 23.6 Å². The number of halogens is 6. The first kappa shape index (κ1) is 59.4. The van der Waals surface area contributed by atoms with Gasteiger partial charge in [0.2, 0.25) is 11.8 Å². The number of benzene rings is 2. The van der Waals surface area contributed by atoms with Crippen LogP contribution in [-0.2, 0) is 9.59 Å². The van der Waals surface area contributed by atoms with Crippen LogP contribution in [0.1, 0.15) is 54.3 Å². The summed E-state index contributed by atoms with van der Waals surface area (Å²) < 4.78 is 1.40. The molecule has 0 fully saturated rings. The average Bonchev–Trinajstić information content (AvgIpc) is 3.24. The van der Waals surface area contributed by atoms with Crippen molar-refractivity contribution in [2.45, 2.75) is 37.3 Å². The highest BCUT2D eigenvalue weighted by Gasteiger charge is 2.36. The topological polar surface area (TPSA) is 284 Å². The number of carbonyl (C=O) groups excluding carboxylic acids is 6. The Labute approximate surface area is 451 Å². The van der Waals surface area contributed by atoms with E-state index >= 15 is 0 Å². The fourth-order valence-electron chi connectivity index (χ4n) is 6.03. The molecule has 358 valence electrons. The Kier molecular flexibility index (Phi) is 25.0. The number of hydrogen-bond acceptors (Lipinski definition) is 14. The largest absolute Gasteiger partial charge is 0.394 e. The Morgan fingerprint density at radius 2 is 0.578 bits per heavy atom. The van der Waals surface area contributed by atoms with E-state index in [1.54, 1.807) is 0 Å². The Morgan fingerprint density at radius 1 is 0.391 bits per heavy atom. The molecule has 0 bridgehead atoms. The molecule has 0 spiro atoms. The predicted octanol–water partition coefficient (Wildman–Crippen LogP) is 0.421. The first-order valence-corrected chi connectivity index (χ1v) is 25.3. The molecule has 8 N–H and O–H groups in total. The highest BCUT2D eigenvalue weighted by Crippen LogP contribution is 2.41. The number of aliphatic hydroxyl groups excluding tert-OH is 8. The van der Waals surface area contributed by atoms with E-state index < -0.39 is 99.1 Å². The molecule has 0 heterocycles. The van der Waals surface area contributed by atoms with Crippen molar-refractivity contribution in [3.63, 3.8) is 0 Å². The van der Waals surface area contributed by atoms with Crippen molar-refractivity contribution in [2.24, 2.45) is 0 Å². The van der Waals surface area contributed by atoms with Crippen LogP contribution in [0.4, 0.5) is 11.4 Å². The van der Waals surface area contributed by atoms with Gasteiger partial charge in [-0.05, 0) is 136 Å². The quantitative estimate of drug-likeness (QED) is 0.0788. The summed E-state index contributed by atoms with van der Waals surface area (Å²) in [5, 5.41) is 78.0. The van der Waals surface area contributed by atoms with E-state index in [0.717, 1.165) is 19.6 Å². The molecule has 4 unspecified atom stereocenters. The number of rotatable bonds is 21. The van der Waals surface area contributed by atoms with Crippen LogP contribution in [0.2, 0.25) is 0 Å². The van der Waals surface area contributed by atoms with Crippen molar-refractivity contribution in [3.05, 3.63) is 43.7 Å². The van der Waals surface area contributed by atoms with Gasteiger partial charge in [-0.15, -0.1) is 0 Å². The van der Waals surface area contributed by atoms with Crippen LogP contribution in [-0.4, -0.2) is 215 Å². The lowest BCUT2D eigenvalue weighted by atomic mass is 10.0. The average molecular weight is 1580 g/mol. The number of anilines is 2.